The van der Waals surface area contributed by atoms with E-state index in [1.807, 2.05) is 28.9 Å². The molecule has 0 fully saturated rings. The van der Waals surface area contributed by atoms with Gasteiger partial charge in [0.2, 0.25) is 0 Å². The maximum atomic E-state index is 6.16. The molecule has 0 aliphatic carbocycles. The summed E-state index contributed by atoms with van der Waals surface area (Å²) in [7, 11) is 1.60. The fraction of sp³-hybridized carbons (Fsp3) is 0.357. The molecule has 0 spiro atoms. The fourth-order valence-corrected chi connectivity index (χ4v) is 2.20. The Morgan fingerprint density at radius 1 is 1.37 bits per heavy atom. The summed E-state index contributed by atoms with van der Waals surface area (Å²) in [6.07, 6.45) is 0. The normalized spacial score (nSPS) is 11.1. The van der Waals surface area contributed by atoms with Gasteiger partial charge in [-0.05, 0) is 30.2 Å². The van der Waals surface area contributed by atoms with Gasteiger partial charge < -0.3 is 10.5 Å². The van der Waals surface area contributed by atoms with Crippen LogP contribution in [0.15, 0.2) is 24.3 Å². The van der Waals surface area contributed by atoms with Crippen LogP contribution in [0.4, 0.5) is 0 Å². The van der Waals surface area contributed by atoms with E-state index >= 15 is 0 Å². The smallest absolute Gasteiger partial charge is 0.137 e. The standard InChI is InChI=1S/C14H18ClN3O/c1-9(2)13-6-10(8-16)17-18(13)11-4-5-14(19-3)12(15)7-11/h4-7,9H,8,16H2,1-3H3. The molecule has 0 saturated carbocycles. The third-order valence-corrected chi connectivity index (χ3v) is 3.26. The van der Waals surface area contributed by atoms with Crippen LogP contribution in [0.25, 0.3) is 5.69 Å². The number of nitrogens with zero attached hydrogens (tertiary/aromatic N) is 2. The van der Waals surface area contributed by atoms with Crippen LogP contribution in [-0.4, -0.2) is 16.9 Å². The van der Waals surface area contributed by atoms with Crippen molar-refractivity contribution in [3.8, 4) is 11.4 Å². The molecule has 2 aromatic rings. The van der Waals surface area contributed by atoms with Crippen molar-refractivity contribution in [1.82, 2.24) is 9.78 Å². The Morgan fingerprint density at radius 3 is 2.63 bits per heavy atom. The van der Waals surface area contributed by atoms with Crippen LogP contribution in [0.5, 0.6) is 5.75 Å². The van der Waals surface area contributed by atoms with Crippen molar-refractivity contribution in [2.75, 3.05) is 7.11 Å². The number of ether oxygens (including phenoxy) is 1. The van der Waals surface area contributed by atoms with Crippen molar-refractivity contribution in [1.29, 1.82) is 0 Å². The van der Waals surface area contributed by atoms with Gasteiger partial charge in [0, 0.05) is 12.2 Å². The van der Waals surface area contributed by atoms with Crippen molar-refractivity contribution in [3.05, 3.63) is 40.7 Å². The second-order valence-electron chi connectivity index (χ2n) is 4.65. The zero-order valence-electron chi connectivity index (χ0n) is 11.4. The van der Waals surface area contributed by atoms with Gasteiger partial charge in [0.25, 0.3) is 0 Å². The second kappa shape index (κ2) is 5.63. The minimum absolute atomic E-state index is 0.355. The fourth-order valence-electron chi connectivity index (χ4n) is 1.95. The molecule has 4 nitrogen and oxygen atoms in total. The second-order valence-corrected chi connectivity index (χ2v) is 5.06. The van der Waals surface area contributed by atoms with E-state index in [0.29, 0.717) is 23.2 Å². The van der Waals surface area contributed by atoms with Gasteiger partial charge in [-0.2, -0.15) is 5.10 Å². The van der Waals surface area contributed by atoms with Gasteiger partial charge in [-0.1, -0.05) is 25.4 Å². The lowest BCUT2D eigenvalue weighted by atomic mass is 10.1. The molecule has 0 amide bonds. The van der Waals surface area contributed by atoms with Crippen molar-refractivity contribution in [2.24, 2.45) is 5.73 Å². The zero-order valence-corrected chi connectivity index (χ0v) is 12.1. The third-order valence-electron chi connectivity index (χ3n) is 2.97. The molecule has 0 saturated heterocycles. The Morgan fingerprint density at radius 2 is 2.11 bits per heavy atom. The van der Waals surface area contributed by atoms with Gasteiger partial charge in [0.05, 0.1) is 23.5 Å². The first-order chi connectivity index (χ1) is 9.06. The largest absolute Gasteiger partial charge is 0.495 e. The molecule has 0 unspecified atom stereocenters. The number of benzene rings is 1. The highest BCUT2D eigenvalue weighted by Crippen LogP contribution is 2.28. The summed E-state index contributed by atoms with van der Waals surface area (Å²) in [6.45, 7) is 4.68. The van der Waals surface area contributed by atoms with Gasteiger partial charge in [-0.25, -0.2) is 4.68 Å². The van der Waals surface area contributed by atoms with Gasteiger partial charge in [0.15, 0.2) is 0 Å². The molecule has 0 atom stereocenters. The molecular weight excluding hydrogens is 262 g/mol. The lowest BCUT2D eigenvalue weighted by Gasteiger charge is -2.11. The maximum Gasteiger partial charge on any atom is 0.137 e. The molecule has 1 aromatic heterocycles. The van der Waals surface area contributed by atoms with Crippen LogP contribution in [0.2, 0.25) is 5.02 Å². The third kappa shape index (κ3) is 2.74. The van der Waals surface area contributed by atoms with Gasteiger partial charge >= 0.3 is 0 Å². The molecule has 0 aliphatic rings. The summed E-state index contributed by atoms with van der Waals surface area (Å²) in [5.74, 6) is 1.01. The minimum atomic E-state index is 0.355. The quantitative estimate of drug-likeness (QED) is 0.935. The van der Waals surface area contributed by atoms with E-state index in [-0.39, 0.29) is 0 Å². The number of rotatable bonds is 4. The monoisotopic (exact) mass is 279 g/mol. The zero-order chi connectivity index (χ0) is 14.0. The Balaban J connectivity index is 2.51. The summed E-state index contributed by atoms with van der Waals surface area (Å²) < 4.78 is 7.05. The highest BCUT2D eigenvalue weighted by molar-refractivity contribution is 6.32. The Labute approximate surface area is 118 Å². The van der Waals surface area contributed by atoms with Crippen LogP contribution in [0, 0.1) is 0 Å². The van der Waals surface area contributed by atoms with Crippen molar-refractivity contribution in [3.63, 3.8) is 0 Å². The van der Waals surface area contributed by atoms with E-state index < -0.39 is 0 Å². The molecule has 102 valence electrons. The van der Waals surface area contributed by atoms with E-state index in [2.05, 4.69) is 18.9 Å². The molecule has 0 aliphatic heterocycles. The first kappa shape index (κ1) is 13.9. The van der Waals surface area contributed by atoms with Crippen molar-refractivity contribution in [2.45, 2.75) is 26.3 Å². The molecule has 1 aromatic carbocycles. The van der Waals surface area contributed by atoms with E-state index in [4.69, 9.17) is 22.1 Å². The molecule has 2 N–H and O–H groups in total. The first-order valence-corrected chi connectivity index (χ1v) is 6.57. The highest BCUT2D eigenvalue weighted by atomic mass is 35.5. The lowest BCUT2D eigenvalue weighted by Crippen LogP contribution is -2.04. The molecule has 5 heteroatoms. The van der Waals surface area contributed by atoms with Gasteiger partial charge in [0.1, 0.15) is 5.75 Å². The Kier molecular flexibility index (Phi) is 4.12. The van der Waals surface area contributed by atoms with Crippen LogP contribution < -0.4 is 10.5 Å². The number of aromatic nitrogens is 2. The van der Waals surface area contributed by atoms with Gasteiger partial charge in [-0.3, -0.25) is 0 Å². The highest BCUT2D eigenvalue weighted by Gasteiger charge is 2.13. The van der Waals surface area contributed by atoms with Crippen LogP contribution in [0.3, 0.4) is 0 Å². The van der Waals surface area contributed by atoms with E-state index in [1.54, 1.807) is 7.11 Å². The van der Waals surface area contributed by atoms with E-state index in [0.717, 1.165) is 17.1 Å². The van der Waals surface area contributed by atoms with Crippen LogP contribution in [0.1, 0.15) is 31.2 Å². The van der Waals surface area contributed by atoms with Gasteiger partial charge in [-0.15, -0.1) is 0 Å². The Hall–Kier alpha value is -1.52. The average molecular weight is 280 g/mol. The molecular formula is C14H18ClN3O. The minimum Gasteiger partial charge on any atom is -0.495 e. The lowest BCUT2D eigenvalue weighted by molar-refractivity contribution is 0.415. The topological polar surface area (TPSA) is 53.1 Å². The summed E-state index contributed by atoms with van der Waals surface area (Å²) in [4.78, 5) is 0. The van der Waals surface area contributed by atoms with Crippen molar-refractivity contribution >= 4 is 11.6 Å². The summed E-state index contributed by atoms with van der Waals surface area (Å²) in [5.41, 5.74) is 8.56. The molecule has 0 bridgehead atoms. The van der Waals surface area contributed by atoms with E-state index in [1.165, 1.54) is 0 Å². The summed E-state index contributed by atoms with van der Waals surface area (Å²) in [6, 6.07) is 7.65. The number of halogens is 1. The van der Waals surface area contributed by atoms with Crippen LogP contribution >= 0.6 is 11.6 Å². The number of nitrogens with two attached hydrogens (primary N) is 1. The molecule has 19 heavy (non-hydrogen) atoms. The number of hydrogen-bond donors (Lipinski definition) is 1. The number of methoxy groups -OCH3 is 1. The average Bonchev–Trinajstić information content (AvgIpc) is 2.83. The predicted octanol–water partition coefficient (Wildman–Crippen LogP) is 3.12. The van der Waals surface area contributed by atoms with Crippen LogP contribution in [-0.2, 0) is 6.54 Å². The molecule has 1 heterocycles. The first-order valence-electron chi connectivity index (χ1n) is 6.19. The SMILES string of the molecule is COc1ccc(-n2nc(CN)cc2C(C)C)cc1Cl. The molecule has 2 rings (SSSR count). The molecule has 0 radical (unpaired) electrons. The predicted molar refractivity (Wildman–Crippen MR) is 77.1 cm³/mol. The van der Waals surface area contributed by atoms with Crippen molar-refractivity contribution < 1.29 is 4.74 Å². The number of hydrogen-bond acceptors (Lipinski definition) is 3. The maximum absolute atomic E-state index is 6.16. The summed E-state index contributed by atoms with van der Waals surface area (Å²) >= 11 is 6.16. The summed E-state index contributed by atoms with van der Waals surface area (Å²) in [5, 5.41) is 5.08. The Bertz CT molecular complexity index is 578. The van der Waals surface area contributed by atoms with E-state index in [9.17, 15) is 0 Å².